The fourth-order valence-electron chi connectivity index (χ4n) is 3.04. The Morgan fingerprint density at radius 1 is 1.13 bits per heavy atom. The van der Waals surface area contributed by atoms with Gasteiger partial charge in [-0.3, -0.25) is 4.79 Å². The molecule has 0 spiro atoms. The molecule has 1 heterocycles. The van der Waals surface area contributed by atoms with Crippen LogP contribution < -0.4 is 11.2 Å². The first kappa shape index (κ1) is 14.1. The second-order valence-electron chi connectivity index (χ2n) is 5.72. The Balaban J connectivity index is 1.91. The van der Waals surface area contributed by atoms with Crippen LogP contribution in [-0.2, 0) is 6.42 Å². The lowest BCUT2D eigenvalue weighted by Gasteiger charge is -2.05. The topological polar surface area (TPSA) is 56.2 Å². The van der Waals surface area contributed by atoms with Crippen molar-refractivity contribution in [3.8, 4) is 0 Å². The van der Waals surface area contributed by atoms with Gasteiger partial charge >= 0.3 is 0 Å². The number of hydrogen-bond acceptors (Lipinski definition) is 3. The molecule has 0 radical (unpaired) electrons. The van der Waals surface area contributed by atoms with Gasteiger partial charge in [0.2, 0.25) is 0 Å². The molecule has 2 aromatic carbocycles. The predicted molar refractivity (Wildman–Crippen MR) is 94.5 cm³/mol. The molecule has 23 heavy (non-hydrogen) atoms. The van der Waals surface area contributed by atoms with Gasteiger partial charge in [0.05, 0.1) is 5.39 Å². The first-order valence-corrected chi connectivity index (χ1v) is 7.81. The molecule has 114 valence electrons. The number of allylic oxidation sites excluding steroid dienone is 1. The average molecular weight is 324 g/mol. The average Bonchev–Trinajstić information content (AvgIpc) is 2.90. The van der Waals surface area contributed by atoms with Crippen LogP contribution in [0.15, 0.2) is 51.7 Å². The van der Waals surface area contributed by atoms with E-state index in [0.717, 1.165) is 23.1 Å². The lowest BCUT2D eigenvalue weighted by Crippen LogP contribution is -2.08. The second kappa shape index (κ2) is 5.28. The predicted octanol–water partition coefficient (Wildman–Crippen LogP) is 4.52. The maximum Gasteiger partial charge on any atom is 0.196 e. The van der Waals surface area contributed by atoms with Crippen LogP contribution in [-0.4, -0.2) is 0 Å². The first-order chi connectivity index (χ1) is 11.1. The summed E-state index contributed by atoms with van der Waals surface area (Å²) in [6, 6.07) is 12.8. The van der Waals surface area contributed by atoms with Crippen LogP contribution in [0.25, 0.3) is 22.6 Å². The highest BCUT2D eigenvalue weighted by Crippen LogP contribution is 2.34. The van der Waals surface area contributed by atoms with E-state index in [4.69, 9.17) is 21.8 Å². The molecule has 0 saturated heterocycles. The minimum atomic E-state index is 0.0377. The minimum Gasteiger partial charge on any atom is -0.456 e. The molecule has 0 aliphatic heterocycles. The zero-order valence-corrected chi connectivity index (χ0v) is 13.1. The van der Waals surface area contributed by atoms with Crippen LogP contribution in [0.4, 0.5) is 5.69 Å². The van der Waals surface area contributed by atoms with Crippen LogP contribution in [0.3, 0.4) is 0 Å². The van der Waals surface area contributed by atoms with Crippen molar-refractivity contribution < 1.29 is 4.42 Å². The van der Waals surface area contributed by atoms with Crippen molar-refractivity contribution in [3.63, 3.8) is 0 Å². The summed E-state index contributed by atoms with van der Waals surface area (Å²) in [5.74, 6) is 0.674. The van der Waals surface area contributed by atoms with E-state index in [-0.39, 0.29) is 5.43 Å². The van der Waals surface area contributed by atoms with Crippen LogP contribution in [0.5, 0.6) is 0 Å². The Morgan fingerprint density at radius 3 is 2.83 bits per heavy atom. The van der Waals surface area contributed by atoms with Gasteiger partial charge in [0.15, 0.2) is 5.43 Å². The van der Waals surface area contributed by atoms with Gasteiger partial charge in [-0.25, -0.2) is 0 Å². The Kier molecular flexibility index (Phi) is 3.24. The zero-order chi connectivity index (χ0) is 16.0. The highest BCUT2D eigenvalue weighted by atomic mass is 35.5. The van der Waals surface area contributed by atoms with Crippen LogP contribution in [0, 0.1) is 0 Å². The Bertz CT molecular complexity index is 1020. The van der Waals surface area contributed by atoms with Crippen molar-refractivity contribution in [2.24, 2.45) is 0 Å². The molecule has 0 unspecified atom stereocenters. The fraction of sp³-hybridized carbons (Fsp3) is 0.105. The third kappa shape index (κ3) is 2.43. The molecule has 4 heteroatoms. The number of benzene rings is 2. The number of anilines is 1. The molecule has 1 aromatic heterocycles. The lowest BCUT2D eigenvalue weighted by molar-refractivity contribution is 0.585. The second-order valence-corrected chi connectivity index (χ2v) is 6.16. The van der Waals surface area contributed by atoms with Gasteiger partial charge in [0.25, 0.3) is 0 Å². The molecule has 0 fully saturated rings. The Labute approximate surface area is 138 Å². The van der Waals surface area contributed by atoms with Crippen molar-refractivity contribution in [1.82, 2.24) is 0 Å². The van der Waals surface area contributed by atoms with Crippen LogP contribution in [0.1, 0.15) is 23.3 Å². The molecular formula is C19H14ClNO2. The van der Waals surface area contributed by atoms with Crippen molar-refractivity contribution in [3.05, 3.63) is 74.6 Å². The molecule has 0 bridgehead atoms. The van der Waals surface area contributed by atoms with Gasteiger partial charge in [0.1, 0.15) is 11.3 Å². The maximum absolute atomic E-state index is 12.6. The van der Waals surface area contributed by atoms with Gasteiger partial charge in [-0.1, -0.05) is 23.7 Å². The third-order valence-electron chi connectivity index (χ3n) is 4.14. The number of halogens is 1. The van der Waals surface area contributed by atoms with E-state index in [1.807, 2.05) is 30.3 Å². The van der Waals surface area contributed by atoms with E-state index in [1.54, 1.807) is 18.2 Å². The SMILES string of the molecule is Nc1ccc2c(=O)c3c(oc2c1)/C(=C/c1cccc(Cl)c1)CC3. The molecule has 3 nitrogen and oxygen atoms in total. The van der Waals surface area contributed by atoms with E-state index in [2.05, 4.69) is 0 Å². The standard InChI is InChI=1S/C19H14ClNO2/c20-13-3-1-2-11(9-13)8-12-4-6-16-18(22)15-7-5-14(21)10-17(15)23-19(12)16/h1-3,5,7-10H,4,6,21H2/b12-8+. The minimum absolute atomic E-state index is 0.0377. The number of fused-ring (bicyclic) bond motifs is 2. The van der Waals surface area contributed by atoms with Crippen molar-refractivity contribution in [2.75, 3.05) is 5.73 Å². The molecule has 0 atom stereocenters. The summed E-state index contributed by atoms with van der Waals surface area (Å²) >= 11 is 6.03. The third-order valence-corrected chi connectivity index (χ3v) is 4.37. The first-order valence-electron chi connectivity index (χ1n) is 7.43. The summed E-state index contributed by atoms with van der Waals surface area (Å²) in [5.41, 5.74) is 9.72. The molecule has 4 rings (SSSR count). The maximum atomic E-state index is 12.6. The number of nitrogens with two attached hydrogens (primary N) is 1. The largest absolute Gasteiger partial charge is 0.456 e. The summed E-state index contributed by atoms with van der Waals surface area (Å²) in [5, 5.41) is 1.27. The van der Waals surface area contributed by atoms with Gasteiger partial charge in [-0.15, -0.1) is 0 Å². The number of nitrogen functional groups attached to an aromatic ring is 1. The van der Waals surface area contributed by atoms with Gasteiger partial charge in [-0.2, -0.15) is 0 Å². The number of rotatable bonds is 1. The monoisotopic (exact) mass is 323 g/mol. The van der Waals surface area contributed by atoms with Crippen LogP contribution >= 0.6 is 11.6 Å². The smallest absolute Gasteiger partial charge is 0.196 e. The molecule has 1 aliphatic carbocycles. The molecule has 3 aromatic rings. The lowest BCUT2D eigenvalue weighted by atomic mass is 10.1. The van der Waals surface area contributed by atoms with Gasteiger partial charge in [-0.05, 0) is 54.3 Å². The quantitative estimate of drug-likeness (QED) is 0.670. The van der Waals surface area contributed by atoms with E-state index in [1.165, 1.54) is 0 Å². The summed E-state index contributed by atoms with van der Waals surface area (Å²) in [6.07, 6.45) is 3.51. The van der Waals surface area contributed by atoms with E-state index in [0.29, 0.717) is 33.9 Å². The normalized spacial score (nSPS) is 15.3. The molecule has 1 aliphatic rings. The van der Waals surface area contributed by atoms with Gasteiger partial charge in [0, 0.05) is 22.3 Å². The molecule has 2 N–H and O–H groups in total. The summed E-state index contributed by atoms with van der Waals surface area (Å²) < 4.78 is 6.00. The Hall–Kier alpha value is -2.52. The van der Waals surface area contributed by atoms with Crippen molar-refractivity contribution in [1.29, 1.82) is 0 Å². The molecule has 0 saturated carbocycles. The summed E-state index contributed by atoms with van der Waals surface area (Å²) in [4.78, 5) is 12.6. The van der Waals surface area contributed by atoms with Gasteiger partial charge < -0.3 is 10.2 Å². The van der Waals surface area contributed by atoms with Crippen LogP contribution in [0.2, 0.25) is 5.02 Å². The Morgan fingerprint density at radius 2 is 2.00 bits per heavy atom. The highest BCUT2D eigenvalue weighted by Gasteiger charge is 2.23. The fourth-order valence-corrected chi connectivity index (χ4v) is 3.24. The number of hydrogen-bond donors (Lipinski definition) is 1. The molecule has 0 amide bonds. The molecular weight excluding hydrogens is 310 g/mol. The van der Waals surface area contributed by atoms with Crippen molar-refractivity contribution in [2.45, 2.75) is 12.8 Å². The van der Waals surface area contributed by atoms with E-state index in [9.17, 15) is 4.79 Å². The highest BCUT2D eigenvalue weighted by molar-refractivity contribution is 6.30. The summed E-state index contributed by atoms with van der Waals surface area (Å²) in [6.45, 7) is 0. The van der Waals surface area contributed by atoms with E-state index < -0.39 is 0 Å². The zero-order valence-electron chi connectivity index (χ0n) is 12.3. The summed E-state index contributed by atoms with van der Waals surface area (Å²) in [7, 11) is 0. The van der Waals surface area contributed by atoms with E-state index >= 15 is 0 Å². The van der Waals surface area contributed by atoms with Crippen molar-refractivity contribution >= 4 is 39.9 Å².